The summed E-state index contributed by atoms with van der Waals surface area (Å²) < 4.78 is 0. The van der Waals surface area contributed by atoms with Crippen molar-refractivity contribution in [3.63, 3.8) is 0 Å². The molecule has 1 atom stereocenters. The van der Waals surface area contributed by atoms with E-state index in [1.165, 1.54) is 23.2 Å². The molecular formula is C14H20BrNO. The predicted molar refractivity (Wildman–Crippen MR) is 76.2 cm³/mol. The first-order chi connectivity index (χ1) is 8.20. The average Bonchev–Trinajstić information content (AvgIpc) is 2.68. The van der Waals surface area contributed by atoms with E-state index >= 15 is 0 Å². The molecule has 2 rings (SSSR count). The third kappa shape index (κ3) is 3.23. The number of anilines is 1. The summed E-state index contributed by atoms with van der Waals surface area (Å²) in [4.78, 5) is 2.46. The van der Waals surface area contributed by atoms with Crippen LogP contribution >= 0.6 is 15.9 Å². The fraction of sp³-hybridized carbons (Fsp3) is 0.571. The zero-order valence-corrected chi connectivity index (χ0v) is 11.9. The van der Waals surface area contributed by atoms with Crippen LogP contribution in [0.2, 0.25) is 0 Å². The molecule has 1 heterocycles. The number of nitrogens with zero attached hydrogens (tertiary/aromatic N) is 1. The third-order valence-corrected chi connectivity index (χ3v) is 3.79. The normalized spacial score (nSPS) is 16.1. The summed E-state index contributed by atoms with van der Waals surface area (Å²) in [5.41, 5.74) is 4.08. The van der Waals surface area contributed by atoms with E-state index in [0.29, 0.717) is 0 Å². The lowest BCUT2D eigenvalue weighted by molar-refractivity contribution is 0.195. The molecule has 1 aliphatic heterocycles. The van der Waals surface area contributed by atoms with Crippen molar-refractivity contribution < 1.29 is 5.11 Å². The summed E-state index contributed by atoms with van der Waals surface area (Å²) in [5, 5.41) is 10.5. The van der Waals surface area contributed by atoms with Crippen LogP contribution in [-0.2, 0) is 12.8 Å². The maximum Gasteiger partial charge on any atom is 0.0552 e. The Bertz CT molecular complexity index is 378. The van der Waals surface area contributed by atoms with Gasteiger partial charge in [0.2, 0.25) is 0 Å². The van der Waals surface area contributed by atoms with Gasteiger partial charge in [-0.05, 0) is 43.4 Å². The monoisotopic (exact) mass is 297 g/mol. The standard InChI is InChI=1S/C14H20BrNO/c1-11(17)9-12-3-4-14-13(10-12)5-8-16(14)7-2-6-15/h3-4,10-11,17H,2,5-9H2,1H3. The molecule has 2 nitrogen and oxygen atoms in total. The Labute approximate surface area is 112 Å². The van der Waals surface area contributed by atoms with Crippen molar-refractivity contribution in [2.45, 2.75) is 32.3 Å². The van der Waals surface area contributed by atoms with Crippen LogP contribution in [0.25, 0.3) is 0 Å². The van der Waals surface area contributed by atoms with Crippen molar-refractivity contribution in [3.05, 3.63) is 29.3 Å². The molecule has 3 heteroatoms. The highest BCUT2D eigenvalue weighted by Gasteiger charge is 2.18. The van der Waals surface area contributed by atoms with Gasteiger partial charge in [-0.2, -0.15) is 0 Å². The molecule has 1 aromatic carbocycles. The van der Waals surface area contributed by atoms with Gasteiger partial charge in [-0.25, -0.2) is 0 Å². The molecule has 1 N–H and O–H groups in total. The Morgan fingerprint density at radius 1 is 1.47 bits per heavy atom. The Hall–Kier alpha value is -0.540. The lowest BCUT2D eigenvalue weighted by Gasteiger charge is -2.19. The minimum Gasteiger partial charge on any atom is -0.393 e. The van der Waals surface area contributed by atoms with Gasteiger partial charge >= 0.3 is 0 Å². The highest BCUT2D eigenvalue weighted by molar-refractivity contribution is 9.09. The van der Waals surface area contributed by atoms with Gasteiger partial charge in [-0.3, -0.25) is 0 Å². The smallest absolute Gasteiger partial charge is 0.0552 e. The van der Waals surface area contributed by atoms with E-state index in [0.717, 1.165) is 31.3 Å². The molecule has 0 aromatic heterocycles. The topological polar surface area (TPSA) is 23.5 Å². The number of hydrogen-bond acceptors (Lipinski definition) is 2. The van der Waals surface area contributed by atoms with Crippen molar-refractivity contribution >= 4 is 21.6 Å². The third-order valence-electron chi connectivity index (χ3n) is 3.23. The first kappa shape index (κ1) is 12.9. The number of aliphatic hydroxyl groups is 1. The first-order valence-electron chi connectivity index (χ1n) is 6.31. The molecule has 0 bridgehead atoms. The lowest BCUT2D eigenvalue weighted by Crippen LogP contribution is -2.21. The minimum absolute atomic E-state index is 0.251. The fourth-order valence-electron chi connectivity index (χ4n) is 2.47. The molecule has 0 amide bonds. The van der Waals surface area contributed by atoms with Crippen molar-refractivity contribution in [3.8, 4) is 0 Å². The second-order valence-corrected chi connectivity index (χ2v) is 5.59. The molecule has 0 aliphatic carbocycles. The van der Waals surface area contributed by atoms with Gasteiger partial charge in [0.15, 0.2) is 0 Å². The predicted octanol–water partition coefficient (Wildman–Crippen LogP) is 2.76. The minimum atomic E-state index is -0.251. The first-order valence-corrected chi connectivity index (χ1v) is 7.43. The van der Waals surface area contributed by atoms with E-state index in [-0.39, 0.29) is 6.10 Å². The number of hydrogen-bond donors (Lipinski definition) is 1. The molecule has 0 fully saturated rings. The zero-order valence-electron chi connectivity index (χ0n) is 10.3. The number of alkyl halides is 1. The SMILES string of the molecule is CC(O)Cc1ccc2c(c1)CCN2CCCBr. The van der Waals surface area contributed by atoms with E-state index < -0.39 is 0 Å². The molecule has 0 spiro atoms. The number of aliphatic hydroxyl groups excluding tert-OH is 1. The van der Waals surface area contributed by atoms with Crippen molar-refractivity contribution in [2.24, 2.45) is 0 Å². The summed E-state index contributed by atoms with van der Waals surface area (Å²) in [5.74, 6) is 0. The Morgan fingerprint density at radius 3 is 3.00 bits per heavy atom. The Kier molecular flexibility index (Phi) is 4.46. The molecule has 0 saturated heterocycles. The van der Waals surface area contributed by atoms with Crippen LogP contribution in [0.3, 0.4) is 0 Å². The zero-order chi connectivity index (χ0) is 12.3. The van der Waals surface area contributed by atoms with E-state index in [1.54, 1.807) is 0 Å². The molecule has 0 radical (unpaired) electrons. The van der Waals surface area contributed by atoms with E-state index in [2.05, 4.69) is 39.0 Å². The average molecular weight is 298 g/mol. The van der Waals surface area contributed by atoms with Gasteiger partial charge in [0.05, 0.1) is 6.10 Å². The Balaban J connectivity index is 2.08. The summed E-state index contributed by atoms with van der Waals surface area (Å²) in [6.45, 7) is 4.12. The molecule has 1 aromatic rings. The molecule has 0 saturated carbocycles. The van der Waals surface area contributed by atoms with Crippen LogP contribution in [0.15, 0.2) is 18.2 Å². The van der Waals surface area contributed by atoms with Crippen LogP contribution < -0.4 is 4.90 Å². The van der Waals surface area contributed by atoms with Gasteiger partial charge < -0.3 is 10.0 Å². The summed E-state index contributed by atoms with van der Waals surface area (Å²) in [7, 11) is 0. The summed E-state index contributed by atoms with van der Waals surface area (Å²) >= 11 is 3.48. The number of benzene rings is 1. The van der Waals surface area contributed by atoms with Gasteiger partial charge in [0, 0.05) is 24.1 Å². The fourth-order valence-corrected chi connectivity index (χ4v) is 2.73. The van der Waals surface area contributed by atoms with Crippen LogP contribution in [0.4, 0.5) is 5.69 Å². The molecule has 94 valence electrons. The van der Waals surface area contributed by atoms with E-state index in [4.69, 9.17) is 0 Å². The Morgan fingerprint density at radius 2 is 2.29 bits per heavy atom. The summed E-state index contributed by atoms with van der Waals surface area (Å²) in [6, 6.07) is 6.63. The maximum atomic E-state index is 9.41. The van der Waals surface area contributed by atoms with Crippen LogP contribution in [0.5, 0.6) is 0 Å². The second-order valence-electron chi connectivity index (χ2n) is 4.80. The van der Waals surface area contributed by atoms with E-state index in [1.807, 2.05) is 6.92 Å². The van der Waals surface area contributed by atoms with Gasteiger partial charge in [-0.15, -0.1) is 0 Å². The maximum absolute atomic E-state index is 9.41. The molecule has 1 unspecified atom stereocenters. The van der Waals surface area contributed by atoms with Crippen molar-refractivity contribution in [1.29, 1.82) is 0 Å². The highest BCUT2D eigenvalue weighted by atomic mass is 79.9. The van der Waals surface area contributed by atoms with Gasteiger partial charge in [-0.1, -0.05) is 28.1 Å². The highest BCUT2D eigenvalue weighted by Crippen LogP contribution is 2.29. The summed E-state index contributed by atoms with van der Waals surface area (Å²) in [6.07, 6.45) is 2.84. The number of halogens is 1. The van der Waals surface area contributed by atoms with Crippen LogP contribution in [-0.4, -0.2) is 29.6 Å². The largest absolute Gasteiger partial charge is 0.393 e. The second kappa shape index (κ2) is 5.87. The van der Waals surface area contributed by atoms with Crippen LogP contribution in [0.1, 0.15) is 24.5 Å². The van der Waals surface area contributed by atoms with Crippen molar-refractivity contribution in [2.75, 3.05) is 23.3 Å². The molecule has 1 aliphatic rings. The number of fused-ring (bicyclic) bond motifs is 1. The quantitative estimate of drug-likeness (QED) is 0.845. The van der Waals surface area contributed by atoms with Gasteiger partial charge in [0.25, 0.3) is 0 Å². The molecule has 17 heavy (non-hydrogen) atoms. The molecular weight excluding hydrogens is 278 g/mol. The van der Waals surface area contributed by atoms with Crippen molar-refractivity contribution in [1.82, 2.24) is 0 Å². The van der Waals surface area contributed by atoms with Crippen LogP contribution in [0, 0.1) is 0 Å². The lowest BCUT2D eigenvalue weighted by atomic mass is 10.0. The van der Waals surface area contributed by atoms with E-state index in [9.17, 15) is 5.11 Å². The number of rotatable bonds is 5. The van der Waals surface area contributed by atoms with Gasteiger partial charge in [0.1, 0.15) is 0 Å².